The Morgan fingerprint density at radius 1 is 1.21 bits per heavy atom. The number of amides is 1. The number of carbonyl (C=O) groups excluding carboxylic acids is 1. The Labute approximate surface area is 144 Å². The molecule has 0 spiro atoms. The molecule has 0 radical (unpaired) electrons. The van der Waals surface area contributed by atoms with Crippen molar-refractivity contribution in [2.24, 2.45) is 0 Å². The van der Waals surface area contributed by atoms with Crippen LogP contribution in [0.3, 0.4) is 0 Å². The average Bonchev–Trinajstić information content (AvgIpc) is 2.50. The van der Waals surface area contributed by atoms with E-state index in [0.29, 0.717) is 13.1 Å². The van der Waals surface area contributed by atoms with Crippen LogP contribution < -0.4 is 0 Å². The lowest BCUT2D eigenvalue weighted by atomic mass is 9.86. The maximum atomic E-state index is 12.6. The Hall–Kier alpha value is -2.12. The number of benzene rings is 1. The predicted molar refractivity (Wildman–Crippen MR) is 95.3 cm³/mol. The standard InChI is InChI=1S/C20H26N2O2/c1-14-12-22(13-15(2)24-14)19(23)17(11-21)10-16-6-8-18(9-7-16)20(3,4)5/h6-10,14-15H,12-13H2,1-5H3/b17-10+. The van der Waals surface area contributed by atoms with Crippen molar-refractivity contribution in [1.29, 1.82) is 5.26 Å². The third kappa shape index (κ3) is 4.46. The Morgan fingerprint density at radius 2 is 1.75 bits per heavy atom. The zero-order valence-corrected chi connectivity index (χ0v) is 15.2. The number of nitrogens with zero attached hydrogens (tertiary/aromatic N) is 2. The van der Waals surface area contributed by atoms with Crippen molar-refractivity contribution >= 4 is 12.0 Å². The molecule has 24 heavy (non-hydrogen) atoms. The molecule has 1 aliphatic rings. The summed E-state index contributed by atoms with van der Waals surface area (Å²) in [7, 11) is 0. The molecule has 0 aliphatic carbocycles. The van der Waals surface area contributed by atoms with Crippen molar-refractivity contribution in [3.8, 4) is 6.07 Å². The molecule has 2 unspecified atom stereocenters. The summed E-state index contributed by atoms with van der Waals surface area (Å²) in [4.78, 5) is 14.3. The SMILES string of the molecule is CC1CN(C(=O)/C(C#N)=C/c2ccc(C(C)(C)C)cc2)CC(C)O1. The molecule has 0 aromatic heterocycles. The Balaban J connectivity index is 2.20. The molecule has 1 aromatic carbocycles. The molecule has 128 valence electrons. The zero-order chi connectivity index (χ0) is 17.9. The molecule has 0 saturated carbocycles. The minimum atomic E-state index is -0.223. The highest BCUT2D eigenvalue weighted by Crippen LogP contribution is 2.23. The first-order valence-corrected chi connectivity index (χ1v) is 8.38. The van der Waals surface area contributed by atoms with Crippen LogP contribution in [0.1, 0.15) is 45.7 Å². The van der Waals surface area contributed by atoms with Gasteiger partial charge in [-0.1, -0.05) is 45.0 Å². The lowest BCUT2D eigenvalue weighted by Gasteiger charge is -2.35. The number of morpholine rings is 1. The monoisotopic (exact) mass is 326 g/mol. The third-order valence-electron chi connectivity index (χ3n) is 4.15. The lowest BCUT2D eigenvalue weighted by molar-refractivity contribution is -0.138. The van der Waals surface area contributed by atoms with Gasteiger partial charge in [-0.25, -0.2) is 0 Å². The van der Waals surface area contributed by atoms with Gasteiger partial charge in [0.1, 0.15) is 11.6 Å². The van der Waals surface area contributed by atoms with Gasteiger partial charge in [-0.3, -0.25) is 4.79 Å². The minimum absolute atomic E-state index is 0.0105. The van der Waals surface area contributed by atoms with Crippen LogP contribution in [-0.4, -0.2) is 36.1 Å². The van der Waals surface area contributed by atoms with Gasteiger partial charge in [-0.2, -0.15) is 5.26 Å². The van der Waals surface area contributed by atoms with Crippen molar-refractivity contribution in [1.82, 2.24) is 4.90 Å². The van der Waals surface area contributed by atoms with Gasteiger partial charge in [0.05, 0.1) is 12.2 Å². The molecule has 1 amide bonds. The number of rotatable bonds is 2. The van der Waals surface area contributed by atoms with Crippen molar-refractivity contribution in [2.75, 3.05) is 13.1 Å². The largest absolute Gasteiger partial charge is 0.372 e. The van der Waals surface area contributed by atoms with E-state index in [9.17, 15) is 10.1 Å². The summed E-state index contributed by atoms with van der Waals surface area (Å²) in [5.74, 6) is -0.223. The van der Waals surface area contributed by atoms with Crippen LogP contribution in [0, 0.1) is 11.3 Å². The number of ether oxygens (including phenoxy) is 1. The molecule has 4 nitrogen and oxygen atoms in total. The summed E-state index contributed by atoms with van der Waals surface area (Å²) in [6, 6.07) is 10.1. The van der Waals surface area contributed by atoms with E-state index in [1.165, 1.54) is 5.56 Å². The van der Waals surface area contributed by atoms with E-state index in [1.54, 1.807) is 11.0 Å². The van der Waals surface area contributed by atoms with Crippen molar-refractivity contribution in [3.63, 3.8) is 0 Å². The fourth-order valence-electron chi connectivity index (χ4n) is 2.90. The molecule has 4 heteroatoms. The summed E-state index contributed by atoms with van der Waals surface area (Å²) in [5.41, 5.74) is 2.33. The third-order valence-corrected chi connectivity index (χ3v) is 4.15. The topological polar surface area (TPSA) is 53.3 Å². The minimum Gasteiger partial charge on any atom is -0.372 e. The summed E-state index contributed by atoms with van der Waals surface area (Å²) >= 11 is 0. The number of nitriles is 1. The second-order valence-corrected chi connectivity index (χ2v) is 7.51. The molecule has 1 aliphatic heterocycles. The normalized spacial score (nSPS) is 22.2. The van der Waals surface area contributed by atoms with E-state index in [4.69, 9.17) is 4.74 Å². The van der Waals surface area contributed by atoms with Crippen molar-refractivity contribution in [3.05, 3.63) is 41.0 Å². The highest BCUT2D eigenvalue weighted by molar-refractivity contribution is 6.01. The van der Waals surface area contributed by atoms with Crippen LogP contribution in [0.15, 0.2) is 29.8 Å². The van der Waals surface area contributed by atoms with Crippen LogP contribution >= 0.6 is 0 Å². The first-order chi connectivity index (χ1) is 11.2. The summed E-state index contributed by atoms with van der Waals surface area (Å²) in [6.07, 6.45) is 1.65. The van der Waals surface area contributed by atoms with E-state index in [1.807, 2.05) is 38.1 Å². The maximum absolute atomic E-state index is 12.6. The molecule has 2 atom stereocenters. The van der Waals surface area contributed by atoms with Gasteiger partial charge in [0.2, 0.25) is 0 Å². The predicted octanol–water partition coefficient (Wildman–Crippen LogP) is 3.53. The quantitative estimate of drug-likeness (QED) is 0.617. The molecule has 0 bridgehead atoms. The maximum Gasteiger partial charge on any atom is 0.264 e. The van der Waals surface area contributed by atoms with Crippen LogP contribution in [-0.2, 0) is 14.9 Å². The lowest BCUT2D eigenvalue weighted by Crippen LogP contribution is -2.48. The van der Waals surface area contributed by atoms with Gasteiger partial charge in [-0.05, 0) is 36.5 Å². The summed E-state index contributed by atoms with van der Waals surface area (Å²) < 4.78 is 5.65. The highest BCUT2D eigenvalue weighted by Gasteiger charge is 2.27. The molecule has 1 saturated heterocycles. The molecular weight excluding hydrogens is 300 g/mol. The van der Waals surface area contributed by atoms with Gasteiger partial charge >= 0.3 is 0 Å². The highest BCUT2D eigenvalue weighted by atomic mass is 16.5. The summed E-state index contributed by atoms with van der Waals surface area (Å²) in [6.45, 7) is 11.4. The molecule has 1 fully saturated rings. The van der Waals surface area contributed by atoms with Gasteiger partial charge in [0.25, 0.3) is 5.91 Å². The average molecular weight is 326 g/mol. The van der Waals surface area contributed by atoms with Crippen LogP contribution in [0.2, 0.25) is 0 Å². The molecule has 2 rings (SSSR count). The van der Waals surface area contributed by atoms with Crippen LogP contribution in [0.4, 0.5) is 0 Å². The smallest absolute Gasteiger partial charge is 0.264 e. The number of carbonyl (C=O) groups is 1. The zero-order valence-electron chi connectivity index (χ0n) is 15.2. The van der Waals surface area contributed by atoms with E-state index in [0.717, 1.165) is 5.56 Å². The fourth-order valence-corrected chi connectivity index (χ4v) is 2.90. The number of hydrogen-bond donors (Lipinski definition) is 0. The number of hydrogen-bond acceptors (Lipinski definition) is 3. The van der Waals surface area contributed by atoms with Crippen molar-refractivity contribution in [2.45, 2.75) is 52.2 Å². The first kappa shape index (κ1) is 18.2. The summed E-state index contributed by atoms with van der Waals surface area (Å²) in [5, 5.41) is 9.41. The van der Waals surface area contributed by atoms with Gasteiger partial charge < -0.3 is 9.64 Å². The second kappa shape index (κ2) is 7.19. The van der Waals surface area contributed by atoms with Gasteiger partial charge in [-0.15, -0.1) is 0 Å². The molecule has 0 N–H and O–H groups in total. The molecule has 1 aromatic rings. The van der Waals surface area contributed by atoms with E-state index < -0.39 is 0 Å². The van der Waals surface area contributed by atoms with Crippen LogP contribution in [0.5, 0.6) is 0 Å². The van der Waals surface area contributed by atoms with Gasteiger partial charge in [0, 0.05) is 13.1 Å². The fraction of sp³-hybridized carbons (Fsp3) is 0.500. The van der Waals surface area contributed by atoms with Gasteiger partial charge in [0.15, 0.2) is 0 Å². The Kier molecular flexibility index (Phi) is 5.46. The van der Waals surface area contributed by atoms with E-state index in [2.05, 4.69) is 26.8 Å². The van der Waals surface area contributed by atoms with Crippen molar-refractivity contribution < 1.29 is 9.53 Å². The molecule has 1 heterocycles. The second-order valence-electron chi connectivity index (χ2n) is 7.51. The van der Waals surface area contributed by atoms with E-state index in [-0.39, 0.29) is 29.1 Å². The first-order valence-electron chi connectivity index (χ1n) is 8.38. The molecular formula is C20H26N2O2. The Bertz CT molecular complexity index is 652. The van der Waals surface area contributed by atoms with E-state index >= 15 is 0 Å². The van der Waals surface area contributed by atoms with Crippen LogP contribution in [0.25, 0.3) is 6.08 Å². The Morgan fingerprint density at radius 3 is 2.21 bits per heavy atom.